The molecule has 0 fully saturated rings. The van der Waals surface area contributed by atoms with E-state index in [0.717, 1.165) is 13.8 Å². The lowest BCUT2D eigenvalue weighted by Crippen LogP contribution is -2.41. The van der Waals surface area contributed by atoms with Crippen molar-refractivity contribution in [2.75, 3.05) is 0 Å². The summed E-state index contributed by atoms with van der Waals surface area (Å²) in [6.45, 7) is 2.21. The van der Waals surface area contributed by atoms with Crippen LogP contribution in [0.5, 0.6) is 0 Å². The van der Waals surface area contributed by atoms with Crippen molar-refractivity contribution < 1.29 is 23.1 Å². The Hall–Kier alpha value is -1.60. The minimum atomic E-state index is -3.97. The van der Waals surface area contributed by atoms with Crippen molar-refractivity contribution in [3.05, 3.63) is 34.3 Å². The normalized spacial score (nSPS) is 12.2. The first-order valence-electron chi connectivity index (χ1n) is 5.53. The Labute approximate surface area is 121 Å². The average molecular weight is 320 g/mol. The fourth-order valence-corrected chi connectivity index (χ4v) is 2.95. The molecular weight excluding hydrogens is 306 g/mol. The third-order valence-corrected chi connectivity index (χ3v) is 5.75. The monoisotopic (exact) mass is 319 g/mol. The Morgan fingerprint density at radius 3 is 2.30 bits per heavy atom. The van der Waals surface area contributed by atoms with E-state index in [0.29, 0.717) is 0 Å². The SMILES string of the molecule is CC(C)(C(=O)O)S(=O)(=O)Cc1ccc(C(N)=O)cc1Cl. The Kier molecular flexibility index (Phi) is 4.45. The Bertz CT molecular complexity index is 666. The first-order chi connectivity index (χ1) is 8.99. The lowest BCUT2D eigenvalue weighted by Gasteiger charge is -2.20. The number of benzene rings is 1. The van der Waals surface area contributed by atoms with Crippen LogP contribution in [0, 0.1) is 0 Å². The number of hydrogen-bond donors (Lipinski definition) is 2. The molecule has 6 nitrogen and oxygen atoms in total. The van der Waals surface area contributed by atoms with Gasteiger partial charge in [-0.2, -0.15) is 0 Å². The molecule has 0 radical (unpaired) electrons. The molecule has 1 aromatic rings. The molecule has 0 spiro atoms. The summed E-state index contributed by atoms with van der Waals surface area (Å²) < 4.78 is 22.3. The predicted molar refractivity (Wildman–Crippen MR) is 74.3 cm³/mol. The van der Waals surface area contributed by atoms with E-state index in [1.807, 2.05) is 0 Å². The second kappa shape index (κ2) is 5.41. The van der Waals surface area contributed by atoms with E-state index >= 15 is 0 Å². The zero-order chi connectivity index (χ0) is 15.7. The predicted octanol–water partition coefficient (Wildman–Crippen LogP) is 1.22. The molecule has 0 aromatic heterocycles. The molecule has 0 unspecified atom stereocenters. The smallest absolute Gasteiger partial charge is 0.324 e. The van der Waals surface area contributed by atoms with E-state index in [1.54, 1.807) is 0 Å². The van der Waals surface area contributed by atoms with Gasteiger partial charge < -0.3 is 10.8 Å². The molecule has 20 heavy (non-hydrogen) atoms. The molecule has 0 aliphatic carbocycles. The van der Waals surface area contributed by atoms with E-state index in [1.165, 1.54) is 18.2 Å². The van der Waals surface area contributed by atoms with Crippen LogP contribution < -0.4 is 5.73 Å². The summed E-state index contributed by atoms with van der Waals surface area (Å²) in [6, 6.07) is 3.94. The molecule has 0 aliphatic rings. The third-order valence-electron chi connectivity index (χ3n) is 2.98. The molecule has 0 saturated heterocycles. The van der Waals surface area contributed by atoms with Gasteiger partial charge in [0.05, 0.1) is 5.75 Å². The number of nitrogens with two attached hydrogens (primary N) is 1. The highest BCUT2D eigenvalue weighted by Gasteiger charge is 2.41. The van der Waals surface area contributed by atoms with Crippen molar-refractivity contribution >= 4 is 33.3 Å². The van der Waals surface area contributed by atoms with Crippen LogP contribution in [-0.2, 0) is 20.4 Å². The summed E-state index contributed by atoms with van der Waals surface area (Å²) in [5, 5.41) is 9.02. The zero-order valence-electron chi connectivity index (χ0n) is 10.9. The minimum absolute atomic E-state index is 0.0473. The second-order valence-electron chi connectivity index (χ2n) is 4.74. The van der Waals surface area contributed by atoms with Crippen molar-refractivity contribution in [3.63, 3.8) is 0 Å². The summed E-state index contributed by atoms with van der Waals surface area (Å²) >= 11 is 5.89. The molecule has 8 heteroatoms. The van der Waals surface area contributed by atoms with Crippen LogP contribution in [0.3, 0.4) is 0 Å². The summed E-state index contributed by atoms with van der Waals surface area (Å²) in [7, 11) is -3.97. The van der Waals surface area contributed by atoms with Gasteiger partial charge in [-0.05, 0) is 31.5 Å². The van der Waals surface area contributed by atoms with Gasteiger partial charge in [0.2, 0.25) is 5.91 Å². The van der Waals surface area contributed by atoms with E-state index in [2.05, 4.69) is 0 Å². The van der Waals surface area contributed by atoms with Gasteiger partial charge in [0.25, 0.3) is 0 Å². The van der Waals surface area contributed by atoms with Crippen molar-refractivity contribution in [3.8, 4) is 0 Å². The number of carboxylic acid groups (broad SMARTS) is 1. The minimum Gasteiger partial charge on any atom is -0.480 e. The van der Waals surface area contributed by atoms with Gasteiger partial charge in [0.1, 0.15) is 0 Å². The van der Waals surface area contributed by atoms with E-state index in [9.17, 15) is 18.0 Å². The molecule has 1 amide bonds. The summed E-state index contributed by atoms with van der Waals surface area (Å²) in [5.41, 5.74) is 5.44. The first-order valence-corrected chi connectivity index (χ1v) is 7.56. The number of carboxylic acids is 1. The van der Waals surface area contributed by atoms with Gasteiger partial charge in [-0.25, -0.2) is 8.42 Å². The standard InChI is InChI=1S/C12H14ClNO5S/c1-12(2,11(16)17)20(18,19)6-8-4-3-7(10(14)15)5-9(8)13/h3-5H,6H2,1-2H3,(H2,14,15)(H,16,17). The number of carbonyl (C=O) groups excluding carboxylic acids is 1. The number of primary amides is 1. The Morgan fingerprint density at radius 2 is 1.90 bits per heavy atom. The Balaban J connectivity index is 3.18. The van der Waals surface area contributed by atoms with Gasteiger partial charge in [-0.3, -0.25) is 9.59 Å². The lowest BCUT2D eigenvalue weighted by molar-refractivity contribution is -0.139. The zero-order valence-corrected chi connectivity index (χ0v) is 12.5. The van der Waals surface area contributed by atoms with Crippen LogP contribution in [0.1, 0.15) is 29.8 Å². The lowest BCUT2D eigenvalue weighted by atomic mass is 10.1. The largest absolute Gasteiger partial charge is 0.480 e. The van der Waals surface area contributed by atoms with Crippen molar-refractivity contribution in [1.82, 2.24) is 0 Å². The highest BCUT2D eigenvalue weighted by molar-refractivity contribution is 7.92. The third kappa shape index (κ3) is 3.10. The first kappa shape index (κ1) is 16.5. The summed E-state index contributed by atoms with van der Waals surface area (Å²) in [4.78, 5) is 22.0. The number of hydrogen-bond acceptors (Lipinski definition) is 4. The van der Waals surface area contributed by atoms with Crippen LogP contribution in [0.2, 0.25) is 5.02 Å². The van der Waals surface area contributed by atoms with Gasteiger partial charge >= 0.3 is 5.97 Å². The molecule has 0 heterocycles. The molecule has 1 rings (SSSR count). The van der Waals surface area contributed by atoms with E-state index < -0.39 is 32.2 Å². The van der Waals surface area contributed by atoms with Gasteiger partial charge in [0, 0.05) is 10.6 Å². The second-order valence-corrected chi connectivity index (χ2v) is 7.69. The van der Waals surface area contributed by atoms with Crippen molar-refractivity contribution in [1.29, 1.82) is 0 Å². The highest BCUT2D eigenvalue weighted by atomic mass is 35.5. The number of sulfone groups is 1. The van der Waals surface area contributed by atoms with E-state index in [-0.39, 0.29) is 16.1 Å². The Morgan fingerprint density at radius 1 is 1.35 bits per heavy atom. The number of rotatable bonds is 5. The number of amides is 1. The molecule has 1 aromatic carbocycles. The maximum Gasteiger partial charge on any atom is 0.324 e. The highest BCUT2D eigenvalue weighted by Crippen LogP contribution is 2.26. The summed E-state index contributed by atoms with van der Waals surface area (Å²) in [6.07, 6.45) is 0. The molecule has 110 valence electrons. The van der Waals surface area contributed by atoms with Crippen LogP contribution in [0.25, 0.3) is 0 Å². The fourth-order valence-electron chi connectivity index (χ4n) is 1.34. The van der Waals surface area contributed by atoms with Crippen molar-refractivity contribution in [2.24, 2.45) is 5.73 Å². The quantitative estimate of drug-likeness (QED) is 0.846. The van der Waals surface area contributed by atoms with Crippen molar-refractivity contribution in [2.45, 2.75) is 24.3 Å². The average Bonchev–Trinajstić information content (AvgIpc) is 2.30. The summed E-state index contributed by atoms with van der Waals surface area (Å²) in [5.74, 6) is -2.67. The molecule has 0 aliphatic heterocycles. The number of halogens is 1. The molecule has 0 atom stereocenters. The topological polar surface area (TPSA) is 115 Å². The van der Waals surface area contributed by atoms with Gasteiger partial charge in [-0.1, -0.05) is 17.7 Å². The van der Waals surface area contributed by atoms with Gasteiger partial charge in [0.15, 0.2) is 14.6 Å². The maximum atomic E-state index is 12.1. The maximum absolute atomic E-state index is 12.1. The van der Waals surface area contributed by atoms with Gasteiger partial charge in [-0.15, -0.1) is 0 Å². The molecule has 0 bridgehead atoms. The number of aliphatic carboxylic acids is 1. The molecule has 3 N–H and O–H groups in total. The fraction of sp³-hybridized carbons (Fsp3) is 0.333. The van der Waals surface area contributed by atoms with Crippen LogP contribution in [-0.4, -0.2) is 30.1 Å². The van der Waals surface area contributed by atoms with Crippen LogP contribution in [0.15, 0.2) is 18.2 Å². The van der Waals surface area contributed by atoms with Crippen LogP contribution >= 0.6 is 11.6 Å². The molecule has 0 saturated carbocycles. The van der Waals surface area contributed by atoms with Crippen LogP contribution in [0.4, 0.5) is 0 Å². The van der Waals surface area contributed by atoms with E-state index in [4.69, 9.17) is 22.4 Å². The molecular formula is C12H14ClNO5S. The number of carbonyl (C=O) groups is 2.